The van der Waals surface area contributed by atoms with Crippen LogP contribution >= 0.6 is 0 Å². The molecule has 2 N–H and O–H groups in total. The van der Waals surface area contributed by atoms with Gasteiger partial charge in [0.15, 0.2) is 0 Å². The highest BCUT2D eigenvalue weighted by molar-refractivity contribution is 7.92. The molecule has 6 bridgehead atoms. The molecule has 12 heteroatoms. The van der Waals surface area contributed by atoms with Crippen molar-refractivity contribution in [1.29, 1.82) is 0 Å². The summed E-state index contributed by atoms with van der Waals surface area (Å²) in [6.07, 6.45) is 1.42. The molecule has 3 aliphatic rings. The quantitative estimate of drug-likeness (QED) is 0.469. The molecule has 2 aliphatic heterocycles. The van der Waals surface area contributed by atoms with Gasteiger partial charge in [-0.25, -0.2) is 18.1 Å². The Kier molecular flexibility index (Phi) is 7.36. The van der Waals surface area contributed by atoms with Gasteiger partial charge < -0.3 is 14.7 Å². The summed E-state index contributed by atoms with van der Waals surface area (Å²) in [6.45, 7) is 5.58. The fraction of sp³-hybridized carbons (Fsp3) is 0.400. The van der Waals surface area contributed by atoms with Gasteiger partial charge in [0, 0.05) is 42.9 Å². The van der Waals surface area contributed by atoms with Gasteiger partial charge in [-0.1, -0.05) is 24.3 Å². The largest absolute Gasteiger partial charge is 0.481 e. The Hall–Kier alpha value is -4.03. The van der Waals surface area contributed by atoms with Crippen LogP contribution in [0, 0.1) is 19.8 Å². The Morgan fingerprint density at radius 2 is 1.79 bits per heavy atom. The van der Waals surface area contributed by atoms with Gasteiger partial charge in [0.1, 0.15) is 6.10 Å². The number of nitrogens with zero attached hydrogens (tertiary/aromatic N) is 4. The zero-order valence-corrected chi connectivity index (χ0v) is 24.3. The van der Waals surface area contributed by atoms with E-state index in [2.05, 4.69) is 19.6 Å². The number of carbonyl (C=O) groups excluding carboxylic acids is 1. The zero-order chi connectivity index (χ0) is 29.6. The zero-order valence-electron chi connectivity index (χ0n) is 23.5. The fourth-order valence-electron chi connectivity index (χ4n) is 6.31. The van der Waals surface area contributed by atoms with E-state index < -0.39 is 22.1 Å². The van der Waals surface area contributed by atoms with Gasteiger partial charge in [0.25, 0.3) is 15.9 Å². The van der Waals surface area contributed by atoms with Gasteiger partial charge in [-0.05, 0) is 62.4 Å². The van der Waals surface area contributed by atoms with Crippen molar-refractivity contribution in [2.24, 2.45) is 5.92 Å². The monoisotopic (exact) mass is 591 g/mol. The summed E-state index contributed by atoms with van der Waals surface area (Å²) < 4.78 is 35.8. The van der Waals surface area contributed by atoms with Crippen molar-refractivity contribution in [3.05, 3.63) is 65.2 Å². The lowest BCUT2D eigenvalue weighted by atomic mass is 10.00. The molecular weight excluding hydrogens is 558 g/mol. The second-order valence-corrected chi connectivity index (χ2v) is 13.0. The van der Waals surface area contributed by atoms with Crippen molar-refractivity contribution in [2.75, 3.05) is 30.9 Å². The number of rotatable bonds is 3. The highest BCUT2D eigenvalue weighted by Crippen LogP contribution is 2.33. The molecule has 1 aliphatic carbocycles. The first-order chi connectivity index (χ1) is 20.1. The smallest absolute Gasteiger partial charge is 0.306 e. The third-order valence-corrected chi connectivity index (χ3v) is 9.75. The van der Waals surface area contributed by atoms with Gasteiger partial charge in [0.05, 0.1) is 23.1 Å². The number of carboxylic acid groups (broad SMARTS) is 1. The SMILES string of the molecule is Cc1cccc(C)c1-c1cc2nc(n1)NS(=O)(=O)c1cccc(c1)C(=O)N1CCN(C3CCC(C(=O)O)C3)C[C@H](C1)O2. The summed E-state index contributed by atoms with van der Waals surface area (Å²) in [4.78, 5) is 38.2. The third-order valence-electron chi connectivity index (χ3n) is 8.42. The molecule has 1 saturated heterocycles. The molecule has 3 atom stereocenters. The molecular formula is C30H33N5O6S. The third kappa shape index (κ3) is 5.56. The number of anilines is 1. The summed E-state index contributed by atoms with van der Waals surface area (Å²) in [6, 6.07) is 13.6. The summed E-state index contributed by atoms with van der Waals surface area (Å²) in [5.74, 6) is -1.41. The fourth-order valence-corrected chi connectivity index (χ4v) is 7.30. The van der Waals surface area contributed by atoms with E-state index in [0.717, 1.165) is 23.1 Å². The van der Waals surface area contributed by atoms with Crippen LogP contribution in [0.1, 0.15) is 40.7 Å². The first kappa shape index (κ1) is 28.1. The van der Waals surface area contributed by atoms with Crippen LogP contribution < -0.4 is 9.46 Å². The van der Waals surface area contributed by atoms with E-state index in [1.807, 2.05) is 32.0 Å². The highest BCUT2D eigenvalue weighted by Gasteiger charge is 2.37. The maximum absolute atomic E-state index is 13.7. The van der Waals surface area contributed by atoms with E-state index in [0.29, 0.717) is 38.2 Å². The molecule has 42 heavy (non-hydrogen) atoms. The van der Waals surface area contributed by atoms with E-state index in [9.17, 15) is 23.1 Å². The first-order valence-electron chi connectivity index (χ1n) is 14.1. The van der Waals surface area contributed by atoms with Crippen LogP contribution in [0.4, 0.5) is 5.95 Å². The maximum atomic E-state index is 13.7. The number of aromatic nitrogens is 2. The Labute approximate surface area is 244 Å². The van der Waals surface area contributed by atoms with Crippen LogP contribution in [0.5, 0.6) is 5.88 Å². The number of aryl methyl sites for hydroxylation is 2. The molecule has 3 heterocycles. The van der Waals surface area contributed by atoms with E-state index in [4.69, 9.17) is 4.74 Å². The predicted octanol–water partition coefficient (Wildman–Crippen LogP) is 3.33. The number of carboxylic acids is 1. The minimum absolute atomic E-state index is 0.0624. The molecule has 1 aromatic heterocycles. The van der Waals surface area contributed by atoms with E-state index in [-0.39, 0.29) is 46.7 Å². The number of ether oxygens (including phenoxy) is 1. The summed E-state index contributed by atoms with van der Waals surface area (Å²) in [5.41, 5.74) is 3.54. The Morgan fingerprint density at radius 3 is 2.52 bits per heavy atom. The molecule has 1 amide bonds. The molecule has 220 valence electrons. The van der Waals surface area contributed by atoms with E-state index >= 15 is 0 Å². The number of amides is 1. The van der Waals surface area contributed by atoms with Crippen molar-refractivity contribution in [3.63, 3.8) is 0 Å². The minimum atomic E-state index is -4.12. The van der Waals surface area contributed by atoms with Gasteiger partial charge >= 0.3 is 5.97 Å². The summed E-state index contributed by atoms with van der Waals surface area (Å²) in [7, 11) is -4.12. The van der Waals surface area contributed by atoms with Gasteiger partial charge in [-0.3, -0.25) is 14.5 Å². The number of sulfonamides is 1. The van der Waals surface area contributed by atoms with Crippen molar-refractivity contribution in [2.45, 2.75) is 50.2 Å². The van der Waals surface area contributed by atoms with Crippen molar-refractivity contribution in [3.8, 4) is 17.1 Å². The average molecular weight is 592 g/mol. The number of fused-ring (bicyclic) bond motifs is 6. The van der Waals surface area contributed by atoms with Gasteiger partial charge in [0.2, 0.25) is 11.8 Å². The lowest BCUT2D eigenvalue weighted by Crippen LogP contribution is -2.42. The number of hydrogen-bond acceptors (Lipinski definition) is 8. The van der Waals surface area contributed by atoms with Crippen LogP contribution in [0.3, 0.4) is 0 Å². The second-order valence-electron chi connectivity index (χ2n) is 11.3. The van der Waals surface area contributed by atoms with E-state index in [1.54, 1.807) is 23.1 Å². The van der Waals surface area contributed by atoms with Crippen LogP contribution in [0.2, 0.25) is 0 Å². The van der Waals surface area contributed by atoms with Crippen molar-refractivity contribution >= 4 is 27.8 Å². The molecule has 1 saturated carbocycles. The Bertz CT molecular complexity index is 1640. The van der Waals surface area contributed by atoms with Gasteiger partial charge in [-0.15, -0.1) is 0 Å². The molecule has 3 aromatic rings. The number of benzene rings is 2. The highest BCUT2D eigenvalue weighted by atomic mass is 32.2. The molecule has 0 radical (unpaired) electrons. The summed E-state index contributed by atoms with van der Waals surface area (Å²) >= 11 is 0. The Morgan fingerprint density at radius 1 is 1.02 bits per heavy atom. The topological polar surface area (TPSA) is 142 Å². The standard InChI is InChI=1S/C30H33N5O6S/c1-18-5-3-6-19(2)27(18)25-15-26-32-30(31-25)33-42(39,40)24-8-4-7-20(14-24)28(36)35-12-11-34(16-23(17-35)41-26)22-10-9-21(13-22)29(37)38/h3-8,14-15,21-23H,9-13,16-17H2,1-2H3,(H,37,38)(H,31,32,33)/t21?,22?,23-/m1/s1. The van der Waals surface area contributed by atoms with Crippen LogP contribution in [-0.4, -0.2) is 83.5 Å². The number of nitrogens with one attached hydrogen (secondary N) is 1. The predicted molar refractivity (Wildman–Crippen MR) is 155 cm³/mol. The number of hydrogen-bond donors (Lipinski definition) is 2. The van der Waals surface area contributed by atoms with E-state index in [1.165, 1.54) is 12.1 Å². The maximum Gasteiger partial charge on any atom is 0.306 e. The van der Waals surface area contributed by atoms with Gasteiger partial charge in [-0.2, -0.15) is 4.98 Å². The molecule has 2 aromatic carbocycles. The second kappa shape index (κ2) is 11.0. The molecule has 2 unspecified atom stereocenters. The van der Waals surface area contributed by atoms with Crippen LogP contribution in [-0.2, 0) is 14.8 Å². The normalized spacial score (nSPS) is 23.9. The molecule has 6 rings (SSSR count). The first-order valence-corrected chi connectivity index (χ1v) is 15.6. The Balaban J connectivity index is 1.44. The lowest BCUT2D eigenvalue weighted by Gasteiger charge is -2.29. The molecule has 2 fully saturated rings. The number of carbonyl (C=O) groups is 2. The molecule has 11 nitrogen and oxygen atoms in total. The average Bonchev–Trinajstić information content (AvgIpc) is 3.35. The van der Waals surface area contributed by atoms with Crippen LogP contribution in [0.25, 0.3) is 11.3 Å². The summed E-state index contributed by atoms with van der Waals surface area (Å²) in [5, 5.41) is 9.56. The molecule has 0 spiro atoms. The van der Waals surface area contributed by atoms with Crippen molar-refractivity contribution in [1.82, 2.24) is 19.8 Å². The van der Waals surface area contributed by atoms with Crippen molar-refractivity contribution < 1.29 is 27.9 Å². The lowest BCUT2D eigenvalue weighted by molar-refractivity contribution is -0.141. The minimum Gasteiger partial charge on any atom is -0.481 e. The number of aliphatic carboxylic acids is 1. The van der Waals surface area contributed by atoms with Crippen LogP contribution in [0.15, 0.2) is 53.4 Å².